The van der Waals surface area contributed by atoms with Crippen molar-refractivity contribution in [2.45, 2.75) is 20.0 Å². The molecule has 0 bridgehead atoms. The fourth-order valence-electron chi connectivity index (χ4n) is 2.07. The van der Waals surface area contributed by atoms with Crippen molar-refractivity contribution in [1.82, 2.24) is 0 Å². The molecule has 1 N–H and O–H groups in total. The number of nitrogens with one attached hydrogen (secondary N) is 1. The van der Waals surface area contributed by atoms with E-state index in [1.165, 1.54) is 20.1 Å². The lowest BCUT2D eigenvalue weighted by atomic mass is 10.2. The Balaban J connectivity index is 2.10. The van der Waals surface area contributed by atoms with Crippen molar-refractivity contribution in [3.63, 3.8) is 0 Å². The van der Waals surface area contributed by atoms with Crippen LogP contribution in [0, 0.1) is 6.92 Å². The number of benzene rings is 2. The zero-order chi connectivity index (χ0) is 18.6. The largest absolute Gasteiger partial charge is 0.495 e. The number of aryl methyl sites for hydroxylation is 1. The van der Waals surface area contributed by atoms with E-state index < -0.39 is 18.0 Å². The summed E-state index contributed by atoms with van der Waals surface area (Å²) < 4.78 is 10.4. The van der Waals surface area contributed by atoms with Crippen LogP contribution in [0.15, 0.2) is 36.4 Å². The highest BCUT2D eigenvalue weighted by Crippen LogP contribution is 2.31. The van der Waals surface area contributed by atoms with Crippen molar-refractivity contribution in [3.8, 4) is 5.75 Å². The van der Waals surface area contributed by atoms with E-state index >= 15 is 0 Å². The highest BCUT2D eigenvalue weighted by Gasteiger charge is 2.21. The molecule has 0 fully saturated rings. The molecule has 1 amide bonds. The zero-order valence-electron chi connectivity index (χ0n) is 13.9. The van der Waals surface area contributed by atoms with Crippen LogP contribution in [0.5, 0.6) is 5.75 Å². The molecule has 0 saturated heterocycles. The fourth-order valence-corrected chi connectivity index (χ4v) is 2.44. The Labute approximate surface area is 155 Å². The first-order valence-corrected chi connectivity index (χ1v) is 8.19. The first kappa shape index (κ1) is 19.1. The number of hydrogen-bond donors (Lipinski definition) is 1. The van der Waals surface area contributed by atoms with Crippen molar-refractivity contribution in [1.29, 1.82) is 0 Å². The van der Waals surface area contributed by atoms with Gasteiger partial charge < -0.3 is 14.8 Å². The van der Waals surface area contributed by atoms with Crippen molar-refractivity contribution < 1.29 is 19.1 Å². The smallest absolute Gasteiger partial charge is 0.340 e. The molecule has 5 nitrogen and oxygen atoms in total. The first-order valence-electron chi connectivity index (χ1n) is 7.44. The number of halogens is 2. The van der Waals surface area contributed by atoms with Gasteiger partial charge in [-0.2, -0.15) is 0 Å². The Morgan fingerprint density at radius 1 is 1.12 bits per heavy atom. The third kappa shape index (κ3) is 4.65. The number of amides is 1. The van der Waals surface area contributed by atoms with E-state index in [9.17, 15) is 9.59 Å². The van der Waals surface area contributed by atoms with Gasteiger partial charge in [-0.05, 0) is 37.6 Å². The lowest BCUT2D eigenvalue weighted by Crippen LogP contribution is -2.30. The highest BCUT2D eigenvalue weighted by molar-refractivity contribution is 6.33. The Morgan fingerprint density at radius 3 is 2.44 bits per heavy atom. The quantitative estimate of drug-likeness (QED) is 0.774. The summed E-state index contributed by atoms with van der Waals surface area (Å²) in [6.07, 6.45) is -1.02. The van der Waals surface area contributed by atoms with Gasteiger partial charge in [0.2, 0.25) is 0 Å². The van der Waals surface area contributed by atoms with Crippen LogP contribution >= 0.6 is 23.2 Å². The molecule has 0 aliphatic rings. The summed E-state index contributed by atoms with van der Waals surface area (Å²) in [5.41, 5.74) is 1.41. The molecule has 7 heteroatoms. The molecular formula is C18H17Cl2NO4. The molecule has 0 aliphatic carbocycles. The first-order chi connectivity index (χ1) is 11.8. The Bertz CT molecular complexity index is 808. The molecule has 1 unspecified atom stereocenters. The minimum atomic E-state index is -1.02. The van der Waals surface area contributed by atoms with Gasteiger partial charge in [-0.1, -0.05) is 35.3 Å². The van der Waals surface area contributed by atoms with E-state index in [4.69, 9.17) is 32.7 Å². The maximum atomic E-state index is 12.3. The van der Waals surface area contributed by atoms with Gasteiger partial charge in [-0.25, -0.2) is 4.79 Å². The second-order valence-electron chi connectivity index (χ2n) is 5.32. The molecule has 0 radical (unpaired) electrons. The average molecular weight is 382 g/mol. The maximum absolute atomic E-state index is 12.3. The van der Waals surface area contributed by atoms with Gasteiger partial charge in [-0.3, -0.25) is 4.79 Å². The molecular weight excluding hydrogens is 365 g/mol. The predicted molar refractivity (Wildman–Crippen MR) is 97.7 cm³/mol. The molecule has 25 heavy (non-hydrogen) atoms. The van der Waals surface area contributed by atoms with E-state index in [0.717, 1.165) is 5.56 Å². The van der Waals surface area contributed by atoms with Gasteiger partial charge in [0.25, 0.3) is 5.91 Å². The second-order valence-corrected chi connectivity index (χ2v) is 6.13. The van der Waals surface area contributed by atoms with Gasteiger partial charge in [0.05, 0.1) is 23.4 Å². The molecule has 1 atom stereocenters. The lowest BCUT2D eigenvalue weighted by Gasteiger charge is -2.16. The highest BCUT2D eigenvalue weighted by atomic mass is 35.5. The molecule has 0 aromatic heterocycles. The Kier molecular flexibility index (Phi) is 6.28. The normalized spacial score (nSPS) is 11.6. The Morgan fingerprint density at radius 2 is 1.80 bits per heavy atom. The van der Waals surface area contributed by atoms with Gasteiger partial charge in [0.15, 0.2) is 6.10 Å². The summed E-state index contributed by atoms with van der Waals surface area (Å²) in [6.45, 7) is 3.28. The lowest BCUT2D eigenvalue weighted by molar-refractivity contribution is -0.123. The number of esters is 1. The summed E-state index contributed by atoms with van der Waals surface area (Å²) in [4.78, 5) is 24.4. The van der Waals surface area contributed by atoms with E-state index in [2.05, 4.69) is 5.32 Å². The minimum absolute atomic E-state index is 0.198. The number of methoxy groups -OCH3 is 1. The fraction of sp³-hybridized carbons (Fsp3) is 0.222. The van der Waals surface area contributed by atoms with Gasteiger partial charge in [0.1, 0.15) is 5.75 Å². The third-order valence-electron chi connectivity index (χ3n) is 3.49. The molecule has 132 valence electrons. The standard InChI is InChI=1S/C18H17Cl2NO4/c1-10-8-15(16(24-3)9-14(10)20)21-17(22)11(2)25-18(23)12-6-4-5-7-13(12)19/h4-9,11H,1-3H3,(H,21,22). The van der Waals surface area contributed by atoms with E-state index in [-0.39, 0.29) is 10.6 Å². The molecule has 0 heterocycles. The van der Waals surface area contributed by atoms with Crippen LogP contribution in [0.1, 0.15) is 22.8 Å². The monoisotopic (exact) mass is 381 g/mol. The molecule has 2 aromatic carbocycles. The van der Waals surface area contributed by atoms with Crippen molar-refractivity contribution in [3.05, 3.63) is 57.6 Å². The van der Waals surface area contributed by atoms with Crippen LogP contribution in [-0.4, -0.2) is 25.1 Å². The van der Waals surface area contributed by atoms with E-state index in [0.29, 0.717) is 16.5 Å². The molecule has 0 spiro atoms. The number of ether oxygens (including phenoxy) is 2. The summed E-state index contributed by atoms with van der Waals surface area (Å²) in [5, 5.41) is 3.45. The summed E-state index contributed by atoms with van der Waals surface area (Å²) in [6, 6.07) is 9.75. The summed E-state index contributed by atoms with van der Waals surface area (Å²) >= 11 is 12.0. The molecule has 2 rings (SSSR count). The maximum Gasteiger partial charge on any atom is 0.340 e. The van der Waals surface area contributed by atoms with Crippen LogP contribution in [0.25, 0.3) is 0 Å². The number of hydrogen-bond acceptors (Lipinski definition) is 4. The van der Waals surface area contributed by atoms with Crippen LogP contribution < -0.4 is 10.1 Å². The van der Waals surface area contributed by atoms with Gasteiger partial charge >= 0.3 is 5.97 Å². The number of carbonyl (C=O) groups excluding carboxylic acids is 2. The number of anilines is 1. The molecule has 0 aliphatic heterocycles. The average Bonchev–Trinajstić information content (AvgIpc) is 2.58. The second kappa shape index (κ2) is 8.23. The summed E-state index contributed by atoms with van der Waals surface area (Å²) in [5.74, 6) is -0.762. The van der Waals surface area contributed by atoms with Crippen LogP contribution in [-0.2, 0) is 9.53 Å². The van der Waals surface area contributed by atoms with Crippen LogP contribution in [0.2, 0.25) is 10.0 Å². The number of rotatable bonds is 5. The van der Waals surface area contributed by atoms with Crippen LogP contribution in [0.3, 0.4) is 0 Å². The van der Waals surface area contributed by atoms with Gasteiger partial charge in [0, 0.05) is 11.1 Å². The molecule has 2 aromatic rings. The van der Waals surface area contributed by atoms with Crippen molar-refractivity contribution >= 4 is 40.8 Å². The summed E-state index contributed by atoms with van der Waals surface area (Å²) in [7, 11) is 1.47. The zero-order valence-corrected chi connectivity index (χ0v) is 15.4. The Hall–Kier alpha value is -2.24. The predicted octanol–water partition coefficient (Wildman–Crippen LogP) is 4.49. The van der Waals surface area contributed by atoms with Crippen molar-refractivity contribution in [2.75, 3.05) is 12.4 Å². The SMILES string of the molecule is COc1cc(Cl)c(C)cc1NC(=O)C(C)OC(=O)c1ccccc1Cl. The topological polar surface area (TPSA) is 64.6 Å². The van der Waals surface area contributed by atoms with Gasteiger partial charge in [-0.15, -0.1) is 0 Å². The van der Waals surface area contributed by atoms with Crippen molar-refractivity contribution in [2.24, 2.45) is 0 Å². The van der Waals surface area contributed by atoms with E-state index in [1.54, 1.807) is 37.3 Å². The third-order valence-corrected chi connectivity index (χ3v) is 4.22. The number of carbonyl (C=O) groups is 2. The van der Waals surface area contributed by atoms with E-state index in [1.807, 2.05) is 0 Å². The minimum Gasteiger partial charge on any atom is -0.495 e. The molecule has 0 saturated carbocycles. The van der Waals surface area contributed by atoms with Crippen LogP contribution in [0.4, 0.5) is 5.69 Å².